The normalized spacial score (nSPS) is 16.5. The monoisotopic (exact) mass is 341 g/mol. The Hall–Kier alpha value is -0.650. The van der Waals surface area contributed by atoms with Crippen molar-refractivity contribution in [2.24, 2.45) is 5.41 Å². The van der Waals surface area contributed by atoms with E-state index in [2.05, 4.69) is 42.6 Å². The molecule has 5 heteroatoms. The first-order valence-corrected chi connectivity index (χ1v) is 9.47. The molecule has 5 nitrogen and oxygen atoms in total. The Labute approximate surface area is 149 Å². The molecule has 0 aliphatic carbocycles. The van der Waals surface area contributed by atoms with Gasteiger partial charge in [-0.05, 0) is 59.3 Å². The number of esters is 1. The fourth-order valence-corrected chi connectivity index (χ4v) is 3.59. The average molecular weight is 342 g/mol. The number of ether oxygens (including phenoxy) is 1. The molecule has 1 aliphatic rings. The molecular formula is C19H39N3O2. The molecule has 24 heavy (non-hydrogen) atoms. The van der Waals surface area contributed by atoms with Gasteiger partial charge in [0.05, 0.1) is 12.5 Å². The van der Waals surface area contributed by atoms with Gasteiger partial charge in [-0.25, -0.2) is 0 Å². The van der Waals surface area contributed by atoms with Crippen LogP contribution in [0.5, 0.6) is 0 Å². The smallest absolute Gasteiger partial charge is 0.307 e. The van der Waals surface area contributed by atoms with Crippen LogP contribution in [0.1, 0.15) is 47.0 Å². The van der Waals surface area contributed by atoms with E-state index in [1.165, 1.54) is 32.5 Å². The lowest BCUT2D eigenvalue weighted by Gasteiger charge is -2.34. The van der Waals surface area contributed by atoms with E-state index in [1.807, 2.05) is 13.8 Å². The summed E-state index contributed by atoms with van der Waals surface area (Å²) in [5, 5.41) is 0. The van der Waals surface area contributed by atoms with Crippen LogP contribution in [0.2, 0.25) is 0 Å². The van der Waals surface area contributed by atoms with Gasteiger partial charge in [0.25, 0.3) is 0 Å². The molecule has 0 aromatic carbocycles. The van der Waals surface area contributed by atoms with E-state index < -0.39 is 0 Å². The van der Waals surface area contributed by atoms with Gasteiger partial charge in [0.1, 0.15) is 0 Å². The average Bonchev–Trinajstić information content (AvgIpc) is 2.94. The quantitative estimate of drug-likeness (QED) is 0.539. The van der Waals surface area contributed by atoms with E-state index in [9.17, 15) is 4.79 Å². The summed E-state index contributed by atoms with van der Waals surface area (Å²) in [6.45, 7) is 16.1. The number of rotatable bonds is 11. The number of carbonyl (C=O) groups is 1. The van der Waals surface area contributed by atoms with Crippen LogP contribution in [0.4, 0.5) is 0 Å². The van der Waals surface area contributed by atoms with Gasteiger partial charge in [-0.2, -0.15) is 0 Å². The summed E-state index contributed by atoms with van der Waals surface area (Å²) in [6.07, 6.45) is 3.16. The van der Waals surface area contributed by atoms with Crippen molar-refractivity contribution in [3.8, 4) is 0 Å². The number of hydrogen-bond donors (Lipinski definition) is 0. The lowest BCUT2D eigenvalue weighted by molar-refractivity contribution is -0.147. The van der Waals surface area contributed by atoms with Crippen molar-refractivity contribution < 1.29 is 9.53 Å². The molecule has 1 heterocycles. The Morgan fingerprint density at radius 1 is 1.08 bits per heavy atom. The fourth-order valence-electron chi connectivity index (χ4n) is 3.59. The van der Waals surface area contributed by atoms with E-state index >= 15 is 0 Å². The van der Waals surface area contributed by atoms with Gasteiger partial charge in [0.2, 0.25) is 0 Å². The minimum absolute atomic E-state index is 0.0245. The number of hydrogen-bond acceptors (Lipinski definition) is 5. The van der Waals surface area contributed by atoms with Gasteiger partial charge >= 0.3 is 5.97 Å². The van der Waals surface area contributed by atoms with E-state index in [0.717, 1.165) is 26.2 Å². The summed E-state index contributed by atoms with van der Waals surface area (Å²) in [6, 6.07) is 0. The van der Waals surface area contributed by atoms with Crippen LogP contribution in [0.15, 0.2) is 0 Å². The van der Waals surface area contributed by atoms with Crippen LogP contribution in [0.3, 0.4) is 0 Å². The van der Waals surface area contributed by atoms with Crippen molar-refractivity contribution >= 4 is 5.97 Å². The third-order valence-corrected chi connectivity index (χ3v) is 4.46. The van der Waals surface area contributed by atoms with Crippen LogP contribution >= 0.6 is 0 Å². The maximum atomic E-state index is 11.7. The highest BCUT2D eigenvalue weighted by Crippen LogP contribution is 2.18. The second kappa shape index (κ2) is 10.4. The highest BCUT2D eigenvalue weighted by molar-refractivity contribution is 5.69. The van der Waals surface area contributed by atoms with Gasteiger partial charge in [-0.1, -0.05) is 13.8 Å². The predicted octanol–water partition coefficient (Wildman–Crippen LogP) is 2.31. The summed E-state index contributed by atoms with van der Waals surface area (Å²) >= 11 is 0. The van der Waals surface area contributed by atoms with E-state index in [1.54, 1.807) is 0 Å². The lowest BCUT2D eigenvalue weighted by atomic mass is 9.92. The third-order valence-electron chi connectivity index (χ3n) is 4.46. The summed E-state index contributed by atoms with van der Waals surface area (Å²) in [5.41, 5.74) is 0.205. The topological polar surface area (TPSA) is 36.0 Å². The van der Waals surface area contributed by atoms with E-state index in [4.69, 9.17) is 4.74 Å². The second-order valence-corrected chi connectivity index (χ2v) is 8.48. The van der Waals surface area contributed by atoms with E-state index in [-0.39, 0.29) is 17.5 Å². The van der Waals surface area contributed by atoms with Gasteiger partial charge in [-0.15, -0.1) is 0 Å². The summed E-state index contributed by atoms with van der Waals surface area (Å²) in [5.74, 6) is -0.0996. The zero-order valence-corrected chi connectivity index (χ0v) is 16.8. The molecule has 142 valence electrons. The molecular weight excluding hydrogens is 302 g/mol. The zero-order valence-electron chi connectivity index (χ0n) is 16.8. The molecule has 1 saturated heterocycles. The highest BCUT2D eigenvalue weighted by Gasteiger charge is 2.23. The first-order chi connectivity index (χ1) is 11.2. The third kappa shape index (κ3) is 9.60. The Balaban J connectivity index is 2.23. The summed E-state index contributed by atoms with van der Waals surface area (Å²) in [4.78, 5) is 18.9. The van der Waals surface area contributed by atoms with Crippen molar-refractivity contribution in [2.75, 3.05) is 59.9 Å². The zero-order chi connectivity index (χ0) is 18.2. The SMILES string of the molecule is CC(C)OC(=O)CCN(C)CC(C)(C)CN(C)CCN1CCCC1. The van der Waals surface area contributed by atoms with Crippen molar-refractivity contribution in [3.05, 3.63) is 0 Å². The number of likely N-dealkylation sites (N-methyl/N-ethyl adjacent to an activating group) is 1. The fraction of sp³-hybridized carbons (Fsp3) is 0.947. The predicted molar refractivity (Wildman–Crippen MR) is 100 cm³/mol. The maximum Gasteiger partial charge on any atom is 0.307 e. The molecule has 0 saturated carbocycles. The van der Waals surface area contributed by atoms with Crippen molar-refractivity contribution in [3.63, 3.8) is 0 Å². The number of likely N-dealkylation sites (tertiary alicyclic amines) is 1. The van der Waals surface area contributed by atoms with Crippen molar-refractivity contribution in [2.45, 2.75) is 53.1 Å². The van der Waals surface area contributed by atoms with Gasteiger partial charge in [0.15, 0.2) is 0 Å². The molecule has 1 fully saturated rings. The summed E-state index contributed by atoms with van der Waals surface area (Å²) in [7, 11) is 4.31. The van der Waals surface area contributed by atoms with Crippen molar-refractivity contribution in [1.29, 1.82) is 0 Å². The molecule has 0 unspecified atom stereocenters. The van der Waals surface area contributed by atoms with Crippen LogP contribution in [0.25, 0.3) is 0 Å². The van der Waals surface area contributed by atoms with Gasteiger partial charge in [-0.3, -0.25) is 4.79 Å². The first-order valence-electron chi connectivity index (χ1n) is 9.47. The summed E-state index contributed by atoms with van der Waals surface area (Å²) < 4.78 is 5.20. The standard InChI is InChI=1S/C19H39N3O2/c1-17(2)24-18(23)9-12-20(5)15-19(3,4)16-21(6)13-14-22-10-7-8-11-22/h17H,7-16H2,1-6H3. The largest absolute Gasteiger partial charge is 0.463 e. The van der Waals surface area contributed by atoms with Crippen LogP contribution < -0.4 is 0 Å². The van der Waals surface area contributed by atoms with Crippen LogP contribution in [-0.4, -0.2) is 86.7 Å². The molecule has 0 N–H and O–H groups in total. The van der Waals surface area contributed by atoms with Gasteiger partial charge < -0.3 is 19.4 Å². The Bertz CT molecular complexity index is 366. The lowest BCUT2D eigenvalue weighted by Crippen LogP contribution is -2.42. The highest BCUT2D eigenvalue weighted by atomic mass is 16.5. The Kier molecular flexibility index (Phi) is 9.24. The first kappa shape index (κ1) is 21.4. The van der Waals surface area contributed by atoms with Crippen LogP contribution in [0, 0.1) is 5.41 Å². The number of carbonyl (C=O) groups excluding carboxylic acids is 1. The molecule has 0 spiro atoms. The number of nitrogens with zero attached hydrogens (tertiary/aromatic N) is 3. The Morgan fingerprint density at radius 2 is 1.62 bits per heavy atom. The molecule has 0 aromatic heterocycles. The molecule has 1 aliphatic heterocycles. The maximum absolute atomic E-state index is 11.7. The minimum atomic E-state index is -0.0996. The second-order valence-electron chi connectivity index (χ2n) is 8.48. The van der Waals surface area contributed by atoms with E-state index in [0.29, 0.717) is 6.42 Å². The molecule has 0 aromatic rings. The molecule has 0 atom stereocenters. The Morgan fingerprint density at radius 3 is 2.17 bits per heavy atom. The molecule has 0 bridgehead atoms. The molecule has 1 rings (SSSR count). The molecule has 0 amide bonds. The van der Waals surface area contributed by atoms with Gasteiger partial charge in [0, 0.05) is 32.7 Å². The molecule has 0 radical (unpaired) electrons. The van der Waals surface area contributed by atoms with Crippen molar-refractivity contribution in [1.82, 2.24) is 14.7 Å². The van der Waals surface area contributed by atoms with Crippen LogP contribution in [-0.2, 0) is 9.53 Å². The minimum Gasteiger partial charge on any atom is -0.463 e.